The molecule has 0 aliphatic heterocycles. The van der Waals surface area contributed by atoms with Crippen LogP contribution < -0.4 is 0 Å². The Bertz CT molecular complexity index is 133. The lowest BCUT2D eigenvalue weighted by atomic mass is 9.91. The Morgan fingerprint density at radius 1 is 1.33 bits per heavy atom. The molecule has 0 spiro atoms. The molecule has 70 valence electrons. The number of rotatable bonds is 6. The molecule has 0 aliphatic carbocycles. The average molecular weight is 166 g/mol. The fourth-order valence-electron chi connectivity index (χ4n) is 1.18. The summed E-state index contributed by atoms with van der Waals surface area (Å²) in [5.41, 5.74) is 0. The minimum absolute atomic E-state index is 0.713. The van der Waals surface area contributed by atoms with Gasteiger partial charge >= 0.3 is 0 Å². The zero-order valence-corrected chi connectivity index (χ0v) is 8.72. The average Bonchev–Trinajstić information content (AvgIpc) is 2.10. The van der Waals surface area contributed by atoms with Gasteiger partial charge in [-0.3, -0.25) is 0 Å². The lowest BCUT2D eigenvalue weighted by Gasteiger charge is -2.15. The van der Waals surface area contributed by atoms with Gasteiger partial charge in [-0.2, -0.15) is 0 Å². The third kappa shape index (κ3) is 5.17. The first kappa shape index (κ1) is 11.5. The number of hydrogen-bond acceptors (Lipinski definition) is 0. The molecule has 0 saturated heterocycles. The maximum absolute atomic E-state index is 3.74. The van der Waals surface area contributed by atoms with Crippen LogP contribution in [-0.2, 0) is 0 Å². The van der Waals surface area contributed by atoms with Crippen molar-refractivity contribution in [1.29, 1.82) is 0 Å². The van der Waals surface area contributed by atoms with Crippen LogP contribution in [0.2, 0.25) is 0 Å². The molecule has 0 heteroatoms. The van der Waals surface area contributed by atoms with Crippen molar-refractivity contribution in [2.45, 2.75) is 40.0 Å². The first-order chi connectivity index (χ1) is 5.72. The molecule has 2 atom stereocenters. The lowest BCUT2D eigenvalue weighted by Crippen LogP contribution is -2.04. The minimum Gasteiger partial charge on any atom is -0.103 e. The zero-order valence-electron chi connectivity index (χ0n) is 8.72. The first-order valence-electron chi connectivity index (χ1n) is 4.99. The summed E-state index contributed by atoms with van der Waals surface area (Å²) in [4.78, 5) is 0. The van der Waals surface area contributed by atoms with Crippen molar-refractivity contribution in [3.63, 3.8) is 0 Å². The van der Waals surface area contributed by atoms with E-state index in [1.54, 1.807) is 0 Å². The number of hydrogen-bond donors (Lipinski definition) is 0. The monoisotopic (exact) mass is 166 g/mol. The highest BCUT2D eigenvalue weighted by atomic mass is 14.1. The molecule has 0 aliphatic rings. The van der Waals surface area contributed by atoms with Crippen LogP contribution in [0.5, 0.6) is 0 Å². The smallest absolute Gasteiger partial charge is 0.0236 e. The molecule has 0 amide bonds. The normalized spacial score (nSPS) is 16.2. The van der Waals surface area contributed by atoms with Crippen molar-refractivity contribution in [3.8, 4) is 0 Å². The van der Waals surface area contributed by atoms with Crippen molar-refractivity contribution < 1.29 is 0 Å². The van der Waals surface area contributed by atoms with Crippen LogP contribution >= 0.6 is 0 Å². The first-order valence-corrected chi connectivity index (χ1v) is 4.99. The van der Waals surface area contributed by atoms with E-state index in [-0.39, 0.29) is 0 Å². The largest absolute Gasteiger partial charge is 0.103 e. The van der Waals surface area contributed by atoms with Crippen molar-refractivity contribution in [2.24, 2.45) is 11.8 Å². The summed E-state index contributed by atoms with van der Waals surface area (Å²) >= 11 is 0. The molecular weight excluding hydrogens is 144 g/mol. The SMILES string of the molecule is C=CCCC(C)C(C)C=CCC. The summed E-state index contributed by atoms with van der Waals surface area (Å²) in [5, 5.41) is 0. The maximum atomic E-state index is 3.74. The molecule has 0 saturated carbocycles. The van der Waals surface area contributed by atoms with Gasteiger partial charge in [0.25, 0.3) is 0 Å². The van der Waals surface area contributed by atoms with E-state index in [1.807, 2.05) is 6.08 Å². The van der Waals surface area contributed by atoms with Crippen LogP contribution in [0.25, 0.3) is 0 Å². The predicted octanol–water partition coefficient (Wildman–Crippen LogP) is 4.19. The fraction of sp³-hybridized carbons (Fsp3) is 0.667. The van der Waals surface area contributed by atoms with Crippen LogP contribution in [0.15, 0.2) is 24.8 Å². The van der Waals surface area contributed by atoms with E-state index in [2.05, 4.69) is 39.5 Å². The van der Waals surface area contributed by atoms with Crippen molar-refractivity contribution in [2.75, 3.05) is 0 Å². The molecule has 0 radical (unpaired) electrons. The minimum atomic E-state index is 0.713. The van der Waals surface area contributed by atoms with Crippen molar-refractivity contribution in [3.05, 3.63) is 24.8 Å². The molecule has 0 rings (SSSR count). The highest BCUT2D eigenvalue weighted by molar-refractivity contribution is 4.88. The van der Waals surface area contributed by atoms with Gasteiger partial charge in [-0.05, 0) is 31.1 Å². The molecule has 0 fully saturated rings. The Hall–Kier alpha value is -0.520. The van der Waals surface area contributed by atoms with Crippen LogP contribution in [0.3, 0.4) is 0 Å². The Labute approximate surface area is 77.4 Å². The van der Waals surface area contributed by atoms with Gasteiger partial charge in [0.1, 0.15) is 0 Å². The van der Waals surface area contributed by atoms with Crippen LogP contribution in [0.1, 0.15) is 40.0 Å². The summed E-state index contributed by atoms with van der Waals surface area (Å²) in [6.45, 7) is 10.5. The van der Waals surface area contributed by atoms with E-state index in [9.17, 15) is 0 Å². The second-order valence-corrected chi connectivity index (χ2v) is 3.54. The van der Waals surface area contributed by atoms with Gasteiger partial charge in [0.05, 0.1) is 0 Å². The van der Waals surface area contributed by atoms with Crippen molar-refractivity contribution in [1.82, 2.24) is 0 Å². The standard InChI is InChI=1S/C12H22/c1-5-7-9-11(3)12(4)10-8-6-2/h5,8,10-12H,1,6-7,9H2,2-4H3. The summed E-state index contributed by atoms with van der Waals surface area (Å²) in [6, 6.07) is 0. The molecule has 0 bridgehead atoms. The van der Waals surface area contributed by atoms with E-state index in [0.29, 0.717) is 5.92 Å². The highest BCUT2D eigenvalue weighted by Gasteiger charge is 2.06. The Kier molecular flexibility index (Phi) is 6.84. The van der Waals surface area contributed by atoms with E-state index in [0.717, 1.165) is 18.8 Å². The van der Waals surface area contributed by atoms with E-state index < -0.39 is 0 Å². The van der Waals surface area contributed by atoms with Gasteiger partial charge < -0.3 is 0 Å². The molecule has 0 aromatic rings. The predicted molar refractivity (Wildman–Crippen MR) is 57.2 cm³/mol. The van der Waals surface area contributed by atoms with Gasteiger partial charge in [-0.1, -0.05) is 39.0 Å². The summed E-state index contributed by atoms with van der Waals surface area (Å²) in [5.74, 6) is 1.50. The summed E-state index contributed by atoms with van der Waals surface area (Å²) in [6.07, 6.45) is 10.2. The van der Waals surface area contributed by atoms with Crippen molar-refractivity contribution >= 4 is 0 Å². The molecule has 12 heavy (non-hydrogen) atoms. The molecule has 0 nitrogen and oxygen atoms in total. The third-order valence-corrected chi connectivity index (χ3v) is 2.40. The molecule has 2 unspecified atom stereocenters. The summed E-state index contributed by atoms with van der Waals surface area (Å²) in [7, 11) is 0. The number of allylic oxidation sites excluding steroid dienone is 3. The van der Waals surface area contributed by atoms with E-state index in [1.165, 1.54) is 6.42 Å². The molecule has 0 aromatic heterocycles. The molecular formula is C12H22. The molecule has 0 heterocycles. The van der Waals surface area contributed by atoms with Gasteiger partial charge in [0, 0.05) is 0 Å². The maximum Gasteiger partial charge on any atom is -0.0236 e. The Balaban J connectivity index is 3.67. The van der Waals surface area contributed by atoms with Crippen LogP contribution in [0, 0.1) is 11.8 Å². The van der Waals surface area contributed by atoms with Gasteiger partial charge in [0.2, 0.25) is 0 Å². The topological polar surface area (TPSA) is 0 Å². The van der Waals surface area contributed by atoms with E-state index in [4.69, 9.17) is 0 Å². The van der Waals surface area contributed by atoms with Gasteiger partial charge in [0.15, 0.2) is 0 Å². The highest BCUT2D eigenvalue weighted by Crippen LogP contribution is 2.18. The molecule has 0 N–H and O–H groups in total. The van der Waals surface area contributed by atoms with Crippen LogP contribution in [0.4, 0.5) is 0 Å². The van der Waals surface area contributed by atoms with Gasteiger partial charge in [-0.25, -0.2) is 0 Å². The lowest BCUT2D eigenvalue weighted by molar-refractivity contribution is 0.431. The Morgan fingerprint density at radius 2 is 2.00 bits per heavy atom. The van der Waals surface area contributed by atoms with E-state index >= 15 is 0 Å². The Morgan fingerprint density at radius 3 is 2.50 bits per heavy atom. The summed E-state index contributed by atoms with van der Waals surface area (Å²) < 4.78 is 0. The fourth-order valence-corrected chi connectivity index (χ4v) is 1.18. The second-order valence-electron chi connectivity index (χ2n) is 3.54. The quantitative estimate of drug-likeness (QED) is 0.519. The third-order valence-electron chi connectivity index (χ3n) is 2.40. The zero-order chi connectivity index (χ0) is 9.40. The second kappa shape index (κ2) is 7.15. The molecule has 0 aromatic carbocycles. The van der Waals surface area contributed by atoms with Gasteiger partial charge in [-0.15, -0.1) is 6.58 Å². The van der Waals surface area contributed by atoms with Crippen LogP contribution in [-0.4, -0.2) is 0 Å².